The number of aliphatic hydroxyl groups excluding tert-OH is 1. The molecule has 90 valence electrons. The van der Waals surface area contributed by atoms with Gasteiger partial charge in [0.15, 0.2) is 0 Å². The minimum Gasteiger partial charge on any atom is -0.392 e. The van der Waals surface area contributed by atoms with Crippen molar-refractivity contribution in [2.24, 2.45) is 0 Å². The van der Waals surface area contributed by atoms with Crippen molar-refractivity contribution in [3.63, 3.8) is 0 Å². The van der Waals surface area contributed by atoms with E-state index in [4.69, 9.17) is 0 Å². The molecule has 0 aromatic heterocycles. The quantitative estimate of drug-likeness (QED) is 0.742. The maximum absolute atomic E-state index is 9.31. The molecule has 1 aromatic rings. The summed E-state index contributed by atoms with van der Waals surface area (Å²) < 4.78 is 0. The highest BCUT2D eigenvalue weighted by Crippen LogP contribution is 2.18. The van der Waals surface area contributed by atoms with Gasteiger partial charge in [-0.15, -0.1) is 0 Å². The summed E-state index contributed by atoms with van der Waals surface area (Å²) in [6, 6.07) is 10.8. The molecule has 2 unspecified atom stereocenters. The van der Waals surface area contributed by atoms with E-state index in [1.165, 1.54) is 18.4 Å². The first-order chi connectivity index (χ1) is 7.74. The fourth-order valence-corrected chi connectivity index (χ4v) is 1.79. The molecule has 16 heavy (non-hydrogen) atoms. The third-order valence-corrected chi connectivity index (χ3v) is 2.71. The number of hydrogen-bond donors (Lipinski definition) is 2. The van der Waals surface area contributed by atoms with Crippen LogP contribution >= 0.6 is 0 Å². The van der Waals surface area contributed by atoms with E-state index in [1.54, 1.807) is 0 Å². The molecule has 2 N–H and O–H groups in total. The Morgan fingerprint density at radius 3 is 2.50 bits per heavy atom. The highest BCUT2D eigenvalue weighted by molar-refractivity contribution is 5.18. The third kappa shape index (κ3) is 4.77. The maximum atomic E-state index is 9.31. The molecule has 0 bridgehead atoms. The Labute approximate surface area is 98.7 Å². The van der Waals surface area contributed by atoms with Crippen LogP contribution in [0.4, 0.5) is 0 Å². The van der Waals surface area contributed by atoms with Gasteiger partial charge in [-0.2, -0.15) is 0 Å². The summed E-state index contributed by atoms with van der Waals surface area (Å²) in [5.41, 5.74) is 1.32. The van der Waals surface area contributed by atoms with Crippen molar-refractivity contribution in [2.45, 2.75) is 45.3 Å². The summed E-state index contributed by atoms with van der Waals surface area (Å²) in [7, 11) is 0. The average molecular weight is 221 g/mol. The molecule has 0 aliphatic rings. The third-order valence-electron chi connectivity index (χ3n) is 2.71. The van der Waals surface area contributed by atoms with Crippen molar-refractivity contribution in [1.82, 2.24) is 5.32 Å². The summed E-state index contributed by atoms with van der Waals surface area (Å²) in [5.74, 6) is 0. The first kappa shape index (κ1) is 13.2. The smallest absolute Gasteiger partial charge is 0.0636 e. The first-order valence-electron chi connectivity index (χ1n) is 6.20. The zero-order valence-corrected chi connectivity index (χ0v) is 10.3. The molecule has 0 saturated carbocycles. The summed E-state index contributed by atoms with van der Waals surface area (Å²) in [4.78, 5) is 0. The summed E-state index contributed by atoms with van der Waals surface area (Å²) >= 11 is 0. The molecular formula is C14H23NO. The predicted molar refractivity (Wildman–Crippen MR) is 68.4 cm³/mol. The van der Waals surface area contributed by atoms with Crippen LogP contribution in [-0.2, 0) is 0 Å². The molecule has 0 spiro atoms. The van der Waals surface area contributed by atoms with E-state index in [0.29, 0.717) is 12.6 Å². The minimum atomic E-state index is -0.284. The lowest BCUT2D eigenvalue weighted by molar-refractivity contribution is 0.185. The Bertz CT molecular complexity index is 271. The Hall–Kier alpha value is -0.860. The Morgan fingerprint density at radius 2 is 1.94 bits per heavy atom. The molecule has 0 aliphatic heterocycles. The van der Waals surface area contributed by atoms with E-state index < -0.39 is 0 Å². The fraction of sp³-hybridized carbons (Fsp3) is 0.571. The topological polar surface area (TPSA) is 32.3 Å². The zero-order chi connectivity index (χ0) is 11.8. The molecule has 0 amide bonds. The second kappa shape index (κ2) is 7.42. The number of nitrogens with one attached hydrogen (secondary N) is 1. The molecule has 2 nitrogen and oxygen atoms in total. The van der Waals surface area contributed by atoms with Crippen LogP contribution in [-0.4, -0.2) is 17.8 Å². The van der Waals surface area contributed by atoms with E-state index in [1.807, 2.05) is 13.0 Å². The number of hydrogen-bond acceptors (Lipinski definition) is 2. The molecule has 0 aliphatic carbocycles. The molecule has 1 aromatic carbocycles. The molecule has 0 heterocycles. The molecule has 0 fully saturated rings. The van der Waals surface area contributed by atoms with E-state index in [9.17, 15) is 5.11 Å². The Balaban J connectivity index is 2.56. The van der Waals surface area contributed by atoms with Gasteiger partial charge in [-0.1, -0.05) is 50.1 Å². The molecule has 1 rings (SSSR count). The summed E-state index contributed by atoms with van der Waals surface area (Å²) in [5, 5.41) is 12.7. The first-order valence-corrected chi connectivity index (χ1v) is 6.20. The van der Waals surface area contributed by atoms with E-state index in [0.717, 1.165) is 6.42 Å². The molecular weight excluding hydrogens is 198 g/mol. The van der Waals surface area contributed by atoms with Gasteiger partial charge in [-0.05, 0) is 18.9 Å². The van der Waals surface area contributed by atoms with Crippen molar-refractivity contribution in [1.29, 1.82) is 0 Å². The van der Waals surface area contributed by atoms with E-state index in [2.05, 4.69) is 36.5 Å². The normalized spacial score (nSPS) is 14.7. The van der Waals surface area contributed by atoms with Gasteiger partial charge in [-0.25, -0.2) is 0 Å². The van der Waals surface area contributed by atoms with Gasteiger partial charge in [0.25, 0.3) is 0 Å². The van der Waals surface area contributed by atoms with Crippen LogP contribution in [0.15, 0.2) is 30.3 Å². The summed E-state index contributed by atoms with van der Waals surface area (Å²) in [6.07, 6.45) is 3.27. The Morgan fingerprint density at radius 1 is 1.25 bits per heavy atom. The highest BCUT2D eigenvalue weighted by atomic mass is 16.3. The summed E-state index contributed by atoms with van der Waals surface area (Å²) in [6.45, 7) is 4.68. The Kier molecular flexibility index (Phi) is 6.12. The van der Waals surface area contributed by atoms with Crippen molar-refractivity contribution < 1.29 is 5.11 Å². The van der Waals surface area contributed by atoms with Crippen molar-refractivity contribution in [3.05, 3.63) is 35.9 Å². The lowest BCUT2D eigenvalue weighted by Crippen LogP contribution is -2.28. The maximum Gasteiger partial charge on any atom is 0.0636 e. The van der Waals surface area contributed by atoms with Crippen molar-refractivity contribution >= 4 is 0 Å². The largest absolute Gasteiger partial charge is 0.392 e. The van der Waals surface area contributed by atoms with Gasteiger partial charge in [0.2, 0.25) is 0 Å². The SMILES string of the molecule is CCCCC(NCC(C)O)c1ccccc1. The van der Waals surface area contributed by atoms with E-state index in [-0.39, 0.29) is 6.10 Å². The monoisotopic (exact) mass is 221 g/mol. The highest BCUT2D eigenvalue weighted by Gasteiger charge is 2.10. The number of rotatable bonds is 7. The average Bonchev–Trinajstić information content (AvgIpc) is 2.30. The molecule has 2 atom stereocenters. The lowest BCUT2D eigenvalue weighted by atomic mass is 10.0. The molecule has 0 saturated heterocycles. The number of unbranched alkanes of at least 4 members (excludes halogenated alkanes) is 1. The predicted octanol–water partition coefficient (Wildman–Crippen LogP) is 2.89. The van der Waals surface area contributed by atoms with Crippen molar-refractivity contribution in [2.75, 3.05) is 6.54 Å². The van der Waals surface area contributed by atoms with Gasteiger partial charge in [0.05, 0.1) is 6.10 Å². The van der Waals surface area contributed by atoms with Crippen LogP contribution in [0.1, 0.15) is 44.7 Å². The fourth-order valence-electron chi connectivity index (χ4n) is 1.79. The molecule has 0 radical (unpaired) electrons. The van der Waals surface area contributed by atoms with Gasteiger partial charge >= 0.3 is 0 Å². The standard InChI is InChI=1S/C14H23NO/c1-3-4-10-14(15-11-12(2)16)13-8-6-5-7-9-13/h5-9,12,14-16H,3-4,10-11H2,1-2H3. The minimum absolute atomic E-state index is 0.284. The van der Waals surface area contributed by atoms with Crippen LogP contribution in [0.25, 0.3) is 0 Å². The lowest BCUT2D eigenvalue weighted by Gasteiger charge is -2.20. The zero-order valence-electron chi connectivity index (χ0n) is 10.3. The van der Waals surface area contributed by atoms with Crippen LogP contribution in [0, 0.1) is 0 Å². The van der Waals surface area contributed by atoms with Crippen LogP contribution in [0.5, 0.6) is 0 Å². The number of aliphatic hydroxyl groups is 1. The van der Waals surface area contributed by atoms with Crippen LogP contribution in [0.3, 0.4) is 0 Å². The number of benzene rings is 1. The van der Waals surface area contributed by atoms with Gasteiger partial charge in [0.1, 0.15) is 0 Å². The van der Waals surface area contributed by atoms with E-state index >= 15 is 0 Å². The van der Waals surface area contributed by atoms with Gasteiger partial charge < -0.3 is 10.4 Å². The second-order valence-corrected chi connectivity index (χ2v) is 4.36. The van der Waals surface area contributed by atoms with Crippen LogP contribution < -0.4 is 5.32 Å². The molecule has 2 heteroatoms. The van der Waals surface area contributed by atoms with Gasteiger partial charge in [-0.3, -0.25) is 0 Å². The van der Waals surface area contributed by atoms with Gasteiger partial charge in [0, 0.05) is 12.6 Å². The second-order valence-electron chi connectivity index (χ2n) is 4.36. The van der Waals surface area contributed by atoms with Crippen LogP contribution in [0.2, 0.25) is 0 Å². The van der Waals surface area contributed by atoms with Crippen molar-refractivity contribution in [3.8, 4) is 0 Å².